The maximum absolute atomic E-state index is 11.6. The predicted octanol–water partition coefficient (Wildman–Crippen LogP) is 4.48. The minimum Gasteiger partial charge on any atom is -0.465 e. The molecule has 0 spiro atoms. The monoisotopic (exact) mass is 387 g/mol. The van der Waals surface area contributed by atoms with Gasteiger partial charge in [-0.1, -0.05) is 28.1 Å². The Morgan fingerprint density at radius 1 is 1.25 bits per heavy atom. The van der Waals surface area contributed by atoms with E-state index in [0.29, 0.717) is 11.5 Å². The van der Waals surface area contributed by atoms with Crippen LogP contribution in [0, 0.1) is 5.92 Å². The van der Waals surface area contributed by atoms with Crippen molar-refractivity contribution in [1.29, 1.82) is 0 Å². The normalized spacial score (nSPS) is 24.7. The van der Waals surface area contributed by atoms with Gasteiger partial charge in [-0.3, -0.25) is 0 Å². The second-order valence-corrected chi connectivity index (χ2v) is 7.13. The number of hydrogen-bond donors (Lipinski definition) is 1. The molecule has 24 heavy (non-hydrogen) atoms. The van der Waals surface area contributed by atoms with Crippen molar-refractivity contribution >= 4 is 27.6 Å². The molecule has 5 heteroatoms. The van der Waals surface area contributed by atoms with Gasteiger partial charge in [0.1, 0.15) is 0 Å². The molecule has 1 saturated heterocycles. The van der Waals surface area contributed by atoms with Crippen molar-refractivity contribution < 1.29 is 14.3 Å². The molecule has 2 aromatic carbocycles. The minimum absolute atomic E-state index is 0.115. The van der Waals surface area contributed by atoms with E-state index in [4.69, 9.17) is 9.47 Å². The molecule has 2 aliphatic heterocycles. The molecule has 1 N–H and O–H groups in total. The van der Waals surface area contributed by atoms with E-state index in [1.165, 1.54) is 12.7 Å². The van der Waals surface area contributed by atoms with Gasteiger partial charge in [0, 0.05) is 28.2 Å². The number of carbonyl (C=O) groups excluding carboxylic acids is 1. The molecule has 1 fully saturated rings. The molecule has 4 rings (SSSR count). The summed E-state index contributed by atoms with van der Waals surface area (Å²) in [5, 5.41) is 3.66. The van der Waals surface area contributed by atoms with Gasteiger partial charge in [0.05, 0.1) is 24.8 Å². The lowest BCUT2D eigenvalue weighted by Crippen LogP contribution is -2.29. The van der Waals surface area contributed by atoms with Crippen LogP contribution in [0.4, 0.5) is 5.69 Å². The second-order valence-electron chi connectivity index (χ2n) is 6.21. The zero-order chi connectivity index (χ0) is 16.7. The number of nitrogens with one attached hydrogen (secondary N) is 1. The molecule has 0 bridgehead atoms. The van der Waals surface area contributed by atoms with E-state index in [1.807, 2.05) is 30.3 Å². The Labute approximate surface area is 149 Å². The Kier molecular flexibility index (Phi) is 4.06. The summed E-state index contributed by atoms with van der Waals surface area (Å²) in [5.41, 5.74) is 4.06. The third-order valence-corrected chi connectivity index (χ3v) is 5.38. The van der Waals surface area contributed by atoms with Crippen molar-refractivity contribution in [2.45, 2.75) is 18.6 Å². The molecule has 124 valence electrons. The number of fused-ring (bicyclic) bond motifs is 3. The fourth-order valence-electron chi connectivity index (χ4n) is 3.72. The Bertz CT molecular complexity index is 775. The zero-order valence-electron chi connectivity index (χ0n) is 13.3. The summed E-state index contributed by atoms with van der Waals surface area (Å²) in [5.74, 6) is 0.0752. The van der Waals surface area contributed by atoms with E-state index >= 15 is 0 Å². The van der Waals surface area contributed by atoms with Crippen LogP contribution in [0.25, 0.3) is 0 Å². The SMILES string of the molecule is COC(=O)c1ccc(C2Nc3ccc(Br)cc3C3OCCC23)cc1. The van der Waals surface area contributed by atoms with Crippen LogP contribution in [-0.2, 0) is 9.47 Å². The average Bonchev–Trinajstić information content (AvgIpc) is 3.11. The van der Waals surface area contributed by atoms with Crippen molar-refractivity contribution in [3.63, 3.8) is 0 Å². The van der Waals surface area contributed by atoms with Crippen LogP contribution in [0.2, 0.25) is 0 Å². The van der Waals surface area contributed by atoms with Gasteiger partial charge >= 0.3 is 5.97 Å². The highest BCUT2D eigenvalue weighted by Crippen LogP contribution is 2.50. The van der Waals surface area contributed by atoms with Crippen LogP contribution in [0.1, 0.15) is 40.1 Å². The van der Waals surface area contributed by atoms with Crippen molar-refractivity contribution in [3.05, 3.63) is 63.6 Å². The summed E-state index contributed by atoms with van der Waals surface area (Å²) >= 11 is 3.55. The van der Waals surface area contributed by atoms with Crippen molar-refractivity contribution in [2.24, 2.45) is 5.92 Å². The fourth-order valence-corrected chi connectivity index (χ4v) is 4.10. The van der Waals surface area contributed by atoms with Gasteiger partial charge in [0.15, 0.2) is 0 Å². The fraction of sp³-hybridized carbons (Fsp3) is 0.316. The van der Waals surface area contributed by atoms with Gasteiger partial charge < -0.3 is 14.8 Å². The summed E-state index contributed by atoms with van der Waals surface area (Å²) in [7, 11) is 1.40. The smallest absolute Gasteiger partial charge is 0.337 e. The number of esters is 1. The number of carbonyl (C=O) groups is 1. The van der Waals surface area contributed by atoms with E-state index in [-0.39, 0.29) is 18.1 Å². The summed E-state index contributed by atoms with van der Waals surface area (Å²) in [6, 6.07) is 14.1. The van der Waals surface area contributed by atoms with Crippen LogP contribution >= 0.6 is 15.9 Å². The summed E-state index contributed by atoms with van der Waals surface area (Å²) in [4.78, 5) is 11.6. The maximum atomic E-state index is 11.6. The number of anilines is 1. The highest BCUT2D eigenvalue weighted by atomic mass is 79.9. The van der Waals surface area contributed by atoms with E-state index in [9.17, 15) is 4.79 Å². The molecular weight excluding hydrogens is 370 g/mol. The van der Waals surface area contributed by atoms with Gasteiger partial charge in [0.25, 0.3) is 0 Å². The van der Waals surface area contributed by atoms with Crippen LogP contribution in [0.15, 0.2) is 46.9 Å². The zero-order valence-corrected chi connectivity index (χ0v) is 14.9. The molecule has 0 aromatic heterocycles. The first-order valence-electron chi connectivity index (χ1n) is 8.03. The third kappa shape index (κ3) is 2.62. The number of methoxy groups -OCH3 is 1. The van der Waals surface area contributed by atoms with E-state index in [0.717, 1.165) is 28.8 Å². The molecule has 4 nitrogen and oxygen atoms in total. The largest absolute Gasteiger partial charge is 0.465 e. The van der Waals surface area contributed by atoms with Crippen LogP contribution < -0.4 is 5.32 Å². The molecule has 0 amide bonds. The summed E-state index contributed by atoms with van der Waals surface area (Å²) in [6.45, 7) is 0.777. The molecular formula is C19H18BrNO3. The lowest BCUT2D eigenvalue weighted by atomic mass is 9.81. The molecule has 0 aliphatic carbocycles. The van der Waals surface area contributed by atoms with Gasteiger partial charge in [-0.25, -0.2) is 4.79 Å². The lowest BCUT2D eigenvalue weighted by molar-refractivity contribution is 0.0600. The molecule has 3 atom stereocenters. The molecule has 2 aromatic rings. The quantitative estimate of drug-likeness (QED) is 0.771. The van der Waals surface area contributed by atoms with Gasteiger partial charge in [-0.15, -0.1) is 0 Å². The highest BCUT2D eigenvalue weighted by molar-refractivity contribution is 9.10. The van der Waals surface area contributed by atoms with Crippen LogP contribution in [-0.4, -0.2) is 19.7 Å². The van der Waals surface area contributed by atoms with E-state index in [1.54, 1.807) is 0 Å². The van der Waals surface area contributed by atoms with Gasteiger partial charge in [0.2, 0.25) is 0 Å². The summed E-state index contributed by atoms with van der Waals surface area (Å²) < 4.78 is 11.9. The van der Waals surface area contributed by atoms with E-state index in [2.05, 4.69) is 33.4 Å². The van der Waals surface area contributed by atoms with Gasteiger partial charge in [-0.2, -0.15) is 0 Å². The number of rotatable bonds is 2. The number of benzene rings is 2. The Morgan fingerprint density at radius 3 is 2.79 bits per heavy atom. The number of halogens is 1. The highest BCUT2D eigenvalue weighted by Gasteiger charge is 2.41. The standard InChI is InChI=1S/C19H18BrNO3/c1-23-19(22)12-4-2-11(3-5-12)17-14-8-9-24-18(14)15-10-13(20)6-7-16(15)21-17/h2-7,10,14,17-18,21H,8-9H2,1H3. The number of ether oxygens (including phenoxy) is 2. The minimum atomic E-state index is -0.310. The molecule has 3 unspecified atom stereocenters. The van der Waals surface area contributed by atoms with Crippen molar-refractivity contribution in [1.82, 2.24) is 0 Å². The maximum Gasteiger partial charge on any atom is 0.337 e. The first-order chi connectivity index (χ1) is 11.7. The predicted molar refractivity (Wildman–Crippen MR) is 95.1 cm³/mol. The molecule has 2 heterocycles. The topological polar surface area (TPSA) is 47.6 Å². The first-order valence-corrected chi connectivity index (χ1v) is 8.82. The van der Waals surface area contributed by atoms with Crippen LogP contribution in [0.3, 0.4) is 0 Å². The Morgan fingerprint density at radius 2 is 2.04 bits per heavy atom. The third-order valence-electron chi connectivity index (χ3n) is 4.89. The van der Waals surface area contributed by atoms with Crippen LogP contribution in [0.5, 0.6) is 0 Å². The van der Waals surface area contributed by atoms with Crippen molar-refractivity contribution in [3.8, 4) is 0 Å². The molecule has 0 radical (unpaired) electrons. The van der Waals surface area contributed by atoms with E-state index < -0.39 is 0 Å². The average molecular weight is 388 g/mol. The molecule has 0 saturated carbocycles. The second kappa shape index (κ2) is 6.22. The number of hydrogen-bond acceptors (Lipinski definition) is 4. The first kappa shape index (κ1) is 15.7. The lowest BCUT2D eigenvalue weighted by Gasteiger charge is -2.36. The Hall–Kier alpha value is -1.85. The van der Waals surface area contributed by atoms with Gasteiger partial charge in [-0.05, 0) is 42.3 Å². The molecule has 2 aliphatic rings. The summed E-state index contributed by atoms with van der Waals surface area (Å²) in [6.07, 6.45) is 1.14. The van der Waals surface area contributed by atoms with Crippen molar-refractivity contribution in [2.75, 3.05) is 19.0 Å². The Balaban J connectivity index is 1.68.